The van der Waals surface area contributed by atoms with E-state index in [1.165, 1.54) is 28.4 Å². The van der Waals surface area contributed by atoms with Crippen LogP contribution in [0.3, 0.4) is 0 Å². The maximum absolute atomic E-state index is 13.5. The summed E-state index contributed by atoms with van der Waals surface area (Å²) in [6, 6.07) is 26.2. The summed E-state index contributed by atoms with van der Waals surface area (Å²) in [6.45, 7) is 0.391. The molecule has 47 heavy (non-hydrogen) atoms. The number of amides is 2. The normalized spacial score (nSPS) is 17.5. The van der Waals surface area contributed by atoms with Crippen LogP contribution in [0.4, 0.5) is 4.39 Å². The summed E-state index contributed by atoms with van der Waals surface area (Å²) in [5, 5.41) is 11.6. The highest BCUT2D eigenvalue weighted by molar-refractivity contribution is 7.16. The number of aromatic nitrogens is 1. The third kappa shape index (κ3) is 7.26. The number of Topliss-reactive ketones (excluding diaryl/α,β-unsaturated/α-hetero) is 1. The number of ketones is 1. The first-order valence-corrected chi connectivity index (χ1v) is 15.9. The lowest BCUT2D eigenvalue weighted by Crippen LogP contribution is -2.53. The van der Waals surface area contributed by atoms with Gasteiger partial charge in [0.05, 0.1) is 27.4 Å². The lowest BCUT2D eigenvalue weighted by atomic mass is 10.0. The minimum absolute atomic E-state index is 0.00174. The number of halogens is 1. The van der Waals surface area contributed by atoms with Crippen LogP contribution in [0.2, 0.25) is 0 Å². The van der Waals surface area contributed by atoms with E-state index < -0.39 is 24.0 Å². The van der Waals surface area contributed by atoms with Gasteiger partial charge in [0, 0.05) is 18.5 Å². The molecule has 11 heteroatoms. The molecule has 0 spiro atoms. The van der Waals surface area contributed by atoms with Crippen LogP contribution < -0.4 is 5.32 Å². The smallest absolute Gasteiger partial charge is 0.335 e. The largest absolute Gasteiger partial charge is 0.478 e. The van der Waals surface area contributed by atoms with Gasteiger partial charge in [-0.3, -0.25) is 14.4 Å². The number of nitrogens with one attached hydrogen (secondary N) is 1. The van der Waals surface area contributed by atoms with Crippen molar-refractivity contribution in [1.29, 1.82) is 0 Å². The van der Waals surface area contributed by atoms with Gasteiger partial charge in [-0.2, -0.15) is 0 Å². The van der Waals surface area contributed by atoms with E-state index in [1.54, 1.807) is 41.9 Å². The molecule has 1 aromatic heterocycles. The molecule has 0 aliphatic carbocycles. The number of benzene rings is 4. The first-order chi connectivity index (χ1) is 22.8. The monoisotopic (exact) mass is 651 g/mol. The summed E-state index contributed by atoms with van der Waals surface area (Å²) < 4.78 is 19.8. The topological polar surface area (TPSA) is 126 Å². The van der Waals surface area contributed by atoms with Crippen LogP contribution in [-0.2, 0) is 20.7 Å². The summed E-state index contributed by atoms with van der Waals surface area (Å²) in [4.78, 5) is 55.2. The number of carbonyl (C=O) groups is 4. The van der Waals surface area contributed by atoms with Crippen molar-refractivity contribution >= 4 is 45.1 Å². The van der Waals surface area contributed by atoms with E-state index in [4.69, 9.17) is 9.84 Å². The Labute approximate surface area is 273 Å². The Bertz CT molecular complexity index is 1910. The van der Waals surface area contributed by atoms with Crippen LogP contribution >= 0.6 is 11.3 Å². The van der Waals surface area contributed by atoms with E-state index in [2.05, 4.69) is 10.3 Å². The SMILES string of the molecule is O=C(NC(Cc1ccc(F)cc1)C(=O)N1CCC2OCC(=O)C21)c1ccc2scnc2c1.O=C(O)c1ccc(-c2ccccc2)cc1. The summed E-state index contributed by atoms with van der Waals surface area (Å²) in [5.74, 6) is -2.15. The molecule has 0 bridgehead atoms. The zero-order valence-corrected chi connectivity index (χ0v) is 25.9. The van der Waals surface area contributed by atoms with Crippen molar-refractivity contribution in [2.45, 2.75) is 31.0 Å². The minimum atomic E-state index is -0.911. The van der Waals surface area contributed by atoms with Gasteiger partial charge in [-0.05, 0) is 65.6 Å². The van der Waals surface area contributed by atoms with E-state index in [0.29, 0.717) is 35.2 Å². The standard InChI is InChI=1S/C23H20FN3O4S.C13H10O2/c24-15-4-1-13(2-5-15)9-17(23(30)27-8-7-19-21(27)18(28)11-31-19)26-22(29)14-3-6-20-16(10-14)25-12-32-20;14-13(15)12-8-6-11(7-9-12)10-4-2-1-3-5-10/h1-6,10,12,17,19,21H,7-9,11H2,(H,26,29);1-9H,(H,14,15). The molecule has 3 heterocycles. The molecule has 9 nitrogen and oxygen atoms in total. The van der Waals surface area contributed by atoms with Crippen LogP contribution in [0.1, 0.15) is 32.7 Å². The predicted molar refractivity (Wildman–Crippen MR) is 175 cm³/mol. The number of fused-ring (bicyclic) bond motifs is 2. The Morgan fingerprint density at radius 1 is 0.957 bits per heavy atom. The Hall–Kier alpha value is -5.26. The zero-order chi connectivity index (χ0) is 32.9. The summed E-state index contributed by atoms with van der Waals surface area (Å²) in [6.07, 6.45) is 0.466. The number of hydrogen-bond acceptors (Lipinski definition) is 7. The van der Waals surface area contributed by atoms with Gasteiger partial charge < -0.3 is 20.1 Å². The maximum atomic E-state index is 13.5. The number of ether oxygens (including phenoxy) is 1. The number of hydrogen-bond donors (Lipinski definition) is 2. The average molecular weight is 652 g/mol. The van der Waals surface area contributed by atoms with Gasteiger partial charge in [-0.1, -0.05) is 54.6 Å². The molecule has 5 aromatic rings. The van der Waals surface area contributed by atoms with E-state index in [0.717, 1.165) is 15.8 Å². The van der Waals surface area contributed by atoms with Gasteiger partial charge >= 0.3 is 5.97 Å². The molecule has 2 amide bonds. The maximum Gasteiger partial charge on any atom is 0.335 e. The summed E-state index contributed by atoms with van der Waals surface area (Å²) in [5.41, 5.74) is 5.94. The summed E-state index contributed by atoms with van der Waals surface area (Å²) >= 11 is 1.48. The number of nitrogens with zero attached hydrogens (tertiary/aromatic N) is 2. The quantitative estimate of drug-likeness (QED) is 0.242. The molecule has 238 valence electrons. The van der Waals surface area contributed by atoms with Crippen molar-refractivity contribution in [3.63, 3.8) is 0 Å². The molecular weight excluding hydrogens is 621 g/mol. The number of likely N-dealkylation sites (tertiary alicyclic amines) is 1. The third-order valence-electron chi connectivity index (χ3n) is 8.18. The lowest BCUT2D eigenvalue weighted by molar-refractivity contribution is -0.138. The number of carboxylic acids is 1. The van der Waals surface area contributed by atoms with Crippen molar-refractivity contribution in [3.05, 3.63) is 125 Å². The second-order valence-electron chi connectivity index (χ2n) is 11.2. The number of aromatic carboxylic acids is 1. The van der Waals surface area contributed by atoms with Crippen molar-refractivity contribution in [3.8, 4) is 11.1 Å². The van der Waals surface area contributed by atoms with E-state index in [-0.39, 0.29) is 36.6 Å². The van der Waals surface area contributed by atoms with Crippen LogP contribution in [0.5, 0.6) is 0 Å². The van der Waals surface area contributed by atoms with Crippen molar-refractivity contribution in [2.24, 2.45) is 0 Å². The fraction of sp³-hybridized carbons (Fsp3) is 0.194. The molecule has 3 atom stereocenters. The molecule has 3 unspecified atom stereocenters. The van der Waals surface area contributed by atoms with Gasteiger partial charge in [0.15, 0.2) is 5.78 Å². The highest BCUT2D eigenvalue weighted by Gasteiger charge is 2.48. The highest BCUT2D eigenvalue weighted by Crippen LogP contribution is 2.28. The van der Waals surface area contributed by atoms with Crippen molar-refractivity contribution in [1.82, 2.24) is 15.2 Å². The van der Waals surface area contributed by atoms with E-state index in [9.17, 15) is 23.6 Å². The second kappa shape index (κ2) is 14.0. The second-order valence-corrected chi connectivity index (χ2v) is 12.1. The predicted octanol–water partition coefficient (Wildman–Crippen LogP) is 5.40. The van der Waals surface area contributed by atoms with Crippen molar-refractivity contribution < 1.29 is 33.4 Å². The highest BCUT2D eigenvalue weighted by atomic mass is 32.1. The molecule has 0 radical (unpaired) electrons. The lowest BCUT2D eigenvalue weighted by Gasteiger charge is -2.27. The van der Waals surface area contributed by atoms with Crippen LogP contribution in [0.25, 0.3) is 21.3 Å². The van der Waals surface area contributed by atoms with Gasteiger partial charge in [0.2, 0.25) is 5.91 Å². The summed E-state index contributed by atoms with van der Waals surface area (Å²) in [7, 11) is 0. The molecule has 4 aromatic carbocycles. The van der Waals surface area contributed by atoms with Crippen LogP contribution in [-0.4, -0.2) is 69.9 Å². The number of carboxylic acid groups (broad SMARTS) is 1. The van der Waals surface area contributed by atoms with Crippen molar-refractivity contribution in [2.75, 3.05) is 13.2 Å². The number of thiazole rings is 1. The molecular formula is C36H30FN3O6S. The Balaban J connectivity index is 0.000000215. The molecule has 2 aliphatic heterocycles. The average Bonchev–Trinajstić information content (AvgIpc) is 3.83. The zero-order valence-electron chi connectivity index (χ0n) is 25.0. The first kappa shape index (κ1) is 31.7. The van der Waals surface area contributed by atoms with Crippen LogP contribution in [0, 0.1) is 5.82 Å². The van der Waals surface area contributed by atoms with Crippen LogP contribution in [0.15, 0.2) is 103 Å². The fourth-order valence-electron chi connectivity index (χ4n) is 5.77. The number of rotatable bonds is 7. The molecule has 2 fully saturated rings. The van der Waals surface area contributed by atoms with E-state index >= 15 is 0 Å². The Kier molecular flexibility index (Phi) is 9.46. The van der Waals surface area contributed by atoms with Gasteiger partial charge in [-0.15, -0.1) is 11.3 Å². The van der Waals surface area contributed by atoms with Gasteiger partial charge in [0.1, 0.15) is 24.5 Å². The molecule has 7 rings (SSSR count). The minimum Gasteiger partial charge on any atom is -0.478 e. The molecule has 2 saturated heterocycles. The fourth-order valence-corrected chi connectivity index (χ4v) is 6.43. The first-order valence-electron chi connectivity index (χ1n) is 15.0. The molecule has 2 N–H and O–H groups in total. The van der Waals surface area contributed by atoms with E-state index in [1.807, 2.05) is 48.5 Å². The van der Waals surface area contributed by atoms with Gasteiger partial charge in [0.25, 0.3) is 5.91 Å². The number of carbonyl (C=O) groups excluding carboxylic acids is 3. The van der Waals surface area contributed by atoms with Gasteiger partial charge in [-0.25, -0.2) is 14.2 Å². The Morgan fingerprint density at radius 2 is 1.66 bits per heavy atom. The molecule has 2 aliphatic rings. The Morgan fingerprint density at radius 3 is 2.38 bits per heavy atom. The third-order valence-corrected chi connectivity index (χ3v) is 8.99. The molecule has 0 saturated carbocycles.